The summed E-state index contributed by atoms with van der Waals surface area (Å²) >= 11 is 6.31. The highest BCUT2D eigenvalue weighted by Gasteiger charge is 2.25. The molecule has 8 heteroatoms. The van der Waals surface area contributed by atoms with Gasteiger partial charge in [0.05, 0.1) is 10.7 Å². The summed E-state index contributed by atoms with van der Waals surface area (Å²) in [5.41, 5.74) is 3.01. The van der Waals surface area contributed by atoms with E-state index in [2.05, 4.69) is 15.0 Å². The summed E-state index contributed by atoms with van der Waals surface area (Å²) in [6, 6.07) is 12.6. The molecule has 150 valence electrons. The second-order valence-electron chi connectivity index (χ2n) is 7.14. The summed E-state index contributed by atoms with van der Waals surface area (Å²) in [6.45, 7) is 6.30. The van der Waals surface area contributed by atoms with Gasteiger partial charge in [-0.3, -0.25) is 4.79 Å². The number of phenols is 1. The first-order valence-electron chi connectivity index (χ1n) is 9.46. The highest BCUT2D eigenvalue weighted by atomic mass is 35.5. The first-order valence-corrected chi connectivity index (χ1v) is 9.83. The second-order valence-corrected chi connectivity index (χ2v) is 7.55. The van der Waals surface area contributed by atoms with Gasteiger partial charge in [-0.2, -0.15) is 5.10 Å². The van der Waals surface area contributed by atoms with Crippen LogP contribution in [0.2, 0.25) is 5.02 Å². The molecule has 1 amide bonds. The summed E-state index contributed by atoms with van der Waals surface area (Å²) < 4.78 is 1.71. The predicted molar refractivity (Wildman–Crippen MR) is 112 cm³/mol. The minimum absolute atomic E-state index is 0.186. The van der Waals surface area contributed by atoms with Gasteiger partial charge >= 0.3 is 0 Å². The first kappa shape index (κ1) is 19.3. The number of phenolic OH excluding ortho intramolecular Hbond substituents is 1. The molecule has 3 aromatic rings. The number of benzene rings is 1. The number of aromatic nitrogens is 3. The molecule has 1 aliphatic rings. The Morgan fingerprint density at radius 3 is 2.48 bits per heavy atom. The maximum atomic E-state index is 13.1. The van der Waals surface area contributed by atoms with Crippen molar-refractivity contribution < 1.29 is 9.90 Å². The van der Waals surface area contributed by atoms with E-state index in [-0.39, 0.29) is 17.4 Å². The topological polar surface area (TPSA) is 74.5 Å². The SMILES string of the molecule is Cc1cc(C)n(-c2ccc(Cl)c(C(=O)N3CCN(c4cccc(O)c4)CC3)n2)n1. The molecule has 0 atom stereocenters. The van der Waals surface area contributed by atoms with Gasteiger partial charge in [0.15, 0.2) is 5.82 Å². The van der Waals surface area contributed by atoms with Crippen molar-refractivity contribution in [2.75, 3.05) is 31.1 Å². The van der Waals surface area contributed by atoms with E-state index in [4.69, 9.17) is 11.6 Å². The molecular weight excluding hydrogens is 390 g/mol. The third kappa shape index (κ3) is 3.91. The van der Waals surface area contributed by atoms with Crippen molar-refractivity contribution in [1.29, 1.82) is 0 Å². The summed E-state index contributed by atoms with van der Waals surface area (Å²) in [5.74, 6) is 0.619. The van der Waals surface area contributed by atoms with Crippen molar-refractivity contribution >= 4 is 23.2 Å². The molecule has 3 heterocycles. The van der Waals surface area contributed by atoms with Gasteiger partial charge < -0.3 is 14.9 Å². The van der Waals surface area contributed by atoms with E-state index in [1.54, 1.807) is 33.8 Å². The zero-order valence-corrected chi connectivity index (χ0v) is 17.1. The van der Waals surface area contributed by atoms with Gasteiger partial charge in [-0.05, 0) is 44.2 Å². The number of carbonyl (C=O) groups excluding carboxylic acids is 1. The fraction of sp³-hybridized carbons (Fsp3) is 0.286. The Labute approximate surface area is 174 Å². The molecule has 0 radical (unpaired) electrons. The van der Waals surface area contributed by atoms with Crippen LogP contribution in [0.3, 0.4) is 0 Å². The maximum absolute atomic E-state index is 13.1. The fourth-order valence-electron chi connectivity index (χ4n) is 3.57. The summed E-state index contributed by atoms with van der Waals surface area (Å²) in [7, 11) is 0. The summed E-state index contributed by atoms with van der Waals surface area (Å²) in [5, 5.41) is 14.4. The van der Waals surface area contributed by atoms with Crippen LogP contribution >= 0.6 is 11.6 Å². The van der Waals surface area contributed by atoms with Crippen molar-refractivity contribution in [1.82, 2.24) is 19.7 Å². The lowest BCUT2D eigenvalue weighted by Gasteiger charge is -2.36. The zero-order valence-electron chi connectivity index (χ0n) is 16.3. The highest BCUT2D eigenvalue weighted by Crippen LogP contribution is 2.23. The number of rotatable bonds is 3. The Morgan fingerprint density at radius 1 is 1.07 bits per heavy atom. The lowest BCUT2D eigenvalue weighted by Crippen LogP contribution is -2.49. The van der Waals surface area contributed by atoms with Crippen LogP contribution < -0.4 is 4.90 Å². The van der Waals surface area contributed by atoms with Gasteiger partial charge in [0.2, 0.25) is 0 Å². The highest BCUT2D eigenvalue weighted by molar-refractivity contribution is 6.33. The molecule has 1 N–H and O–H groups in total. The summed E-state index contributed by atoms with van der Waals surface area (Å²) in [6.07, 6.45) is 0. The smallest absolute Gasteiger partial charge is 0.274 e. The third-order valence-corrected chi connectivity index (χ3v) is 5.33. The van der Waals surface area contributed by atoms with Crippen LogP contribution in [0.4, 0.5) is 5.69 Å². The van der Waals surface area contributed by atoms with Crippen LogP contribution in [0.5, 0.6) is 5.75 Å². The van der Waals surface area contributed by atoms with E-state index in [1.165, 1.54) is 0 Å². The Bertz CT molecular complexity index is 1060. The molecular formula is C21H22ClN5O2. The van der Waals surface area contributed by atoms with Crippen molar-refractivity contribution in [3.63, 3.8) is 0 Å². The lowest BCUT2D eigenvalue weighted by atomic mass is 10.2. The average Bonchev–Trinajstić information content (AvgIpc) is 3.06. The van der Waals surface area contributed by atoms with Gasteiger partial charge in [-0.1, -0.05) is 17.7 Å². The lowest BCUT2D eigenvalue weighted by molar-refractivity contribution is 0.0741. The van der Waals surface area contributed by atoms with E-state index in [9.17, 15) is 9.90 Å². The average molecular weight is 412 g/mol. The van der Waals surface area contributed by atoms with Crippen LogP contribution in [-0.2, 0) is 0 Å². The van der Waals surface area contributed by atoms with E-state index < -0.39 is 0 Å². The van der Waals surface area contributed by atoms with Gasteiger partial charge in [0, 0.05) is 43.6 Å². The molecule has 0 unspecified atom stereocenters. The number of piperazine rings is 1. The van der Waals surface area contributed by atoms with Crippen molar-refractivity contribution in [3.8, 4) is 11.6 Å². The molecule has 1 saturated heterocycles. The van der Waals surface area contributed by atoms with Crippen molar-refractivity contribution in [2.45, 2.75) is 13.8 Å². The number of aryl methyl sites for hydroxylation is 2. The molecule has 29 heavy (non-hydrogen) atoms. The monoisotopic (exact) mass is 411 g/mol. The number of nitrogens with zero attached hydrogens (tertiary/aromatic N) is 5. The number of aromatic hydroxyl groups is 1. The quantitative estimate of drug-likeness (QED) is 0.716. The molecule has 0 saturated carbocycles. The number of carbonyl (C=O) groups is 1. The largest absolute Gasteiger partial charge is 0.508 e. The Balaban J connectivity index is 1.51. The number of pyridine rings is 1. The number of halogens is 1. The van der Waals surface area contributed by atoms with Crippen LogP contribution in [0, 0.1) is 13.8 Å². The van der Waals surface area contributed by atoms with Crippen molar-refractivity contribution in [2.24, 2.45) is 0 Å². The maximum Gasteiger partial charge on any atom is 0.274 e. The molecule has 7 nitrogen and oxygen atoms in total. The second kappa shape index (κ2) is 7.75. The van der Waals surface area contributed by atoms with E-state index >= 15 is 0 Å². The van der Waals surface area contributed by atoms with Crippen LogP contribution in [-0.4, -0.2) is 56.9 Å². The minimum Gasteiger partial charge on any atom is -0.508 e. The fourth-order valence-corrected chi connectivity index (χ4v) is 3.75. The number of anilines is 1. The number of hydrogen-bond donors (Lipinski definition) is 1. The van der Waals surface area contributed by atoms with Gasteiger partial charge in [-0.15, -0.1) is 0 Å². The van der Waals surface area contributed by atoms with Gasteiger partial charge in [0.25, 0.3) is 5.91 Å². The standard InChI is InChI=1S/C21H22ClN5O2/c1-14-12-15(2)27(24-14)19-7-6-18(22)20(23-19)21(29)26-10-8-25(9-11-26)16-4-3-5-17(28)13-16/h3-7,12-13,28H,8-11H2,1-2H3. The molecule has 0 bridgehead atoms. The molecule has 1 aromatic carbocycles. The van der Waals surface area contributed by atoms with Crippen LogP contribution in [0.1, 0.15) is 21.9 Å². The molecule has 4 rings (SSSR count). The molecule has 0 aliphatic carbocycles. The van der Waals surface area contributed by atoms with E-state index in [0.717, 1.165) is 17.1 Å². The Kier molecular flexibility index (Phi) is 5.15. The van der Waals surface area contributed by atoms with Gasteiger partial charge in [-0.25, -0.2) is 9.67 Å². The normalized spacial score (nSPS) is 14.3. The van der Waals surface area contributed by atoms with Crippen LogP contribution in [0.15, 0.2) is 42.5 Å². The van der Waals surface area contributed by atoms with Crippen LogP contribution in [0.25, 0.3) is 5.82 Å². The predicted octanol–water partition coefficient (Wildman–Crippen LogP) is 3.21. The molecule has 1 fully saturated rings. The Morgan fingerprint density at radius 2 is 1.83 bits per heavy atom. The molecule has 1 aliphatic heterocycles. The zero-order chi connectivity index (χ0) is 20.5. The third-order valence-electron chi connectivity index (χ3n) is 5.02. The molecule has 2 aromatic heterocycles. The van der Waals surface area contributed by atoms with E-state index in [0.29, 0.717) is 37.0 Å². The number of hydrogen-bond acceptors (Lipinski definition) is 5. The van der Waals surface area contributed by atoms with E-state index in [1.807, 2.05) is 32.0 Å². The minimum atomic E-state index is -0.186. The Hall–Kier alpha value is -3.06. The first-order chi connectivity index (χ1) is 13.9. The van der Waals surface area contributed by atoms with Gasteiger partial charge in [0.1, 0.15) is 11.4 Å². The molecule has 0 spiro atoms. The van der Waals surface area contributed by atoms with Crippen molar-refractivity contribution in [3.05, 3.63) is 64.6 Å². The number of amides is 1. The summed E-state index contributed by atoms with van der Waals surface area (Å²) in [4.78, 5) is 21.5.